The van der Waals surface area contributed by atoms with Gasteiger partial charge in [0.25, 0.3) is 0 Å². The van der Waals surface area contributed by atoms with E-state index in [2.05, 4.69) is 31.1 Å². The molecule has 0 aliphatic carbocycles. The van der Waals surface area contributed by atoms with E-state index in [9.17, 15) is 0 Å². The first kappa shape index (κ1) is 15.1. The van der Waals surface area contributed by atoms with Gasteiger partial charge in [-0.2, -0.15) is 0 Å². The molecule has 0 amide bonds. The van der Waals surface area contributed by atoms with Crippen LogP contribution in [-0.2, 0) is 5.41 Å². The fourth-order valence-electron chi connectivity index (χ4n) is 1.79. The second kappa shape index (κ2) is 5.62. The minimum absolute atomic E-state index is 0.0368. The monoisotopic (exact) mass is 311 g/mol. The van der Waals surface area contributed by atoms with Gasteiger partial charge in [0.1, 0.15) is 5.01 Å². The Morgan fingerprint density at radius 3 is 2.35 bits per heavy atom. The van der Waals surface area contributed by atoms with Gasteiger partial charge in [-0.1, -0.05) is 32.4 Å². The molecule has 0 saturated carbocycles. The topological polar surface area (TPSA) is 31.4 Å². The Bertz CT molecular complexity index is 617. The predicted octanol–water partition coefficient (Wildman–Crippen LogP) is 4.78. The van der Waals surface area contributed by atoms with Crippen LogP contribution in [0.2, 0.25) is 5.02 Å². The molecule has 0 bridgehead atoms. The molecule has 1 aromatic carbocycles. The van der Waals surface area contributed by atoms with E-state index >= 15 is 0 Å². The quantitative estimate of drug-likeness (QED) is 0.817. The average molecular weight is 312 g/mol. The van der Waals surface area contributed by atoms with Crippen LogP contribution in [0.15, 0.2) is 17.5 Å². The minimum atomic E-state index is 0.0368. The fraction of sp³-hybridized carbons (Fsp3) is 0.400. The summed E-state index contributed by atoms with van der Waals surface area (Å²) < 4.78 is 10.6. The number of nitrogens with zero attached hydrogens (tertiary/aromatic N) is 1. The number of methoxy groups -OCH3 is 2. The molecule has 1 heterocycles. The number of rotatable bonds is 3. The van der Waals surface area contributed by atoms with Crippen molar-refractivity contribution >= 4 is 22.9 Å². The Morgan fingerprint density at radius 1 is 1.15 bits per heavy atom. The highest BCUT2D eigenvalue weighted by Gasteiger charge is 2.19. The molecule has 108 valence electrons. The van der Waals surface area contributed by atoms with Gasteiger partial charge in [-0.05, 0) is 12.1 Å². The van der Waals surface area contributed by atoms with Crippen molar-refractivity contribution in [1.82, 2.24) is 4.98 Å². The number of thiazole rings is 1. The van der Waals surface area contributed by atoms with Crippen LogP contribution in [0.25, 0.3) is 10.6 Å². The summed E-state index contributed by atoms with van der Waals surface area (Å²) >= 11 is 7.84. The molecule has 0 aliphatic rings. The molecule has 3 nitrogen and oxygen atoms in total. The maximum atomic E-state index is 6.23. The molecule has 0 radical (unpaired) electrons. The molecule has 0 fully saturated rings. The molecule has 0 saturated heterocycles. The van der Waals surface area contributed by atoms with Crippen LogP contribution in [0.4, 0.5) is 0 Å². The van der Waals surface area contributed by atoms with E-state index in [1.165, 1.54) is 0 Å². The van der Waals surface area contributed by atoms with E-state index < -0.39 is 0 Å². The number of hydrogen-bond acceptors (Lipinski definition) is 4. The van der Waals surface area contributed by atoms with Crippen molar-refractivity contribution in [2.24, 2.45) is 0 Å². The van der Waals surface area contributed by atoms with Crippen LogP contribution in [0, 0.1) is 0 Å². The molecule has 5 heteroatoms. The van der Waals surface area contributed by atoms with Crippen molar-refractivity contribution in [2.45, 2.75) is 26.2 Å². The number of benzene rings is 1. The molecule has 2 rings (SSSR count). The first-order valence-electron chi connectivity index (χ1n) is 6.24. The van der Waals surface area contributed by atoms with Gasteiger partial charge in [0.15, 0.2) is 11.5 Å². The first-order chi connectivity index (χ1) is 9.36. The summed E-state index contributed by atoms with van der Waals surface area (Å²) in [5.41, 5.74) is 2.05. The maximum absolute atomic E-state index is 6.23. The molecule has 0 N–H and O–H groups in total. The third-order valence-electron chi connectivity index (χ3n) is 2.95. The summed E-state index contributed by atoms with van der Waals surface area (Å²) in [7, 11) is 3.17. The van der Waals surface area contributed by atoms with Gasteiger partial charge >= 0.3 is 0 Å². The van der Waals surface area contributed by atoms with E-state index in [-0.39, 0.29) is 5.41 Å². The largest absolute Gasteiger partial charge is 0.493 e. The van der Waals surface area contributed by atoms with Gasteiger partial charge in [-0.15, -0.1) is 11.3 Å². The minimum Gasteiger partial charge on any atom is -0.493 e. The van der Waals surface area contributed by atoms with Gasteiger partial charge in [0, 0.05) is 16.4 Å². The lowest BCUT2D eigenvalue weighted by Crippen LogP contribution is -2.11. The summed E-state index contributed by atoms with van der Waals surface area (Å²) in [5.74, 6) is 1.16. The van der Waals surface area contributed by atoms with Crippen molar-refractivity contribution in [3.63, 3.8) is 0 Å². The van der Waals surface area contributed by atoms with E-state index in [1.54, 1.807) is 25.6 Å². The zero-order valence-corrected chi connectivity index (χ0v) is 13.9. The van der Waals surface area contributed by atoms with Crippen molar-refractivity contribution in [3.05, 3.63) is 28.2 Å². The first-order valence-corrected chi connectivity index (χ1v) is 7.50. The highest BCUT2D eigenvalue weighted by Crippen LogP contribution is 2.40. The van der Waals surface area contributed by atoms with Crippen molar-refractivity contribution in [2.75, 3.05) is 14.2 Å². The SMILES string of the molecule is COc1cc(-c2nc(C(C)(C)C)cs2)cc(Cl)c1OC. The van der Waals surface area contributed by atoms with Gasteiger partial charge in [-0.25, -0.2) is 4.98 Å². The van der Waals surface area contributed by atoms with Crippen LogP contribution >= 0.6 is 22.9 Å². The lowest BCUT2D eigenvalue weighted by Gasteiger charge is -2.14. The molecule has 20 heavy (non-hydrogen) atoms. The van der Waals surface area contributed by atoms with Crippen molar-refractivity contribution in [3.8, 4) is 22.1 Å². The van der Waals surface area contributed by atoms with E-state index in [0.29, 0.717) is 16.5 Å². The van der Waals surface area contributed by atoms with Crippen LogP contribution < -0.4 is 9.47 Å². The zero-order chi connectivity index (χ0) is 14.9. The summed E-state index contributed by atoms with van der Waals surface area (Å²) in [4.78, 5) is 4.69. The van der Waals surface area contributed by atoms with Crippen molar-refractivity contribution in [1.29, 1.82) is 0 Å². The Kier molecular flexibility index (Phi) is 4.25. The molecular weight excluding hydrogens is 294 g/mol. The van der Waals surface area contributed by atoms with E-state index in [1.807, 2.05) is 12.1 Å². The number of aromatic nitrogens is 1. The molecule has 1 aromatic heterocycles. The zero-order valence-electron chi connectivity index (χ0n) is 12.3. The fourth-order valence-corrected chi connectivity index (χ4v) is 3.11. The van der Waals surface area contributed by atoms with E-state index in [0.717, 1.165) is 16.3 Å². The highest BCUT2D eigenvalue weighted by atomic mass is 35.5. The third kappa shape index (κ3) is 2.91. The van der Waals surface area contributed by atoms with E-state index in [4.69, 9.17) is 21.1 Å². The molecule has 0 aliphatic heterocycles. The van der Waals surface area contributed by atoms with Gasteiger partial charge in [-0.3, -0.25) is 0 Å². The number of hydrogen-bond donors (Lipinski definition) is 0. The Balaban J connectivity index is 2.48. The number of ether oxygens (including phenoxy) is 2. The molecular formula is C15H18ClNO2S. The summed E-state index contributed by atoms with van der Waals surface area (Å²) in [5, 5.41) is 3.53. The Labute approximate surface area is 128 Å². The maximum Gasteiger partial charge on any atom is 0.179 e. The van der Waals surface area contributed by atoms with Crippen LogP contribution in [0.5, 0.6) is 11.5 Å². The molecule has 0 unspecified atom stereocenters. The lowest BCUT2D eigenvalue weighted by molar-refractivity contribution is 0.355. The lowest BCUT2D eigenvalue weighted by atomic mass is 9.93. The number of halogens is 1. The second-order valence-electron chi connectivity index (χ2n) is 5.48. The molecule has 0 atom stereocenters. The standard InChI is InChI=1S/C15H18ClNO2S/c1-15(2,3)12-8-20-14(17-12)9-6-10(16)13(19-5)11(7-9)18-4/h6-8H,1-5H3. The Hall–Kier alpha value is -1.26. The summed E-state index contributed by atoms with van der Waals surface area (Å²) in [6.45, 7) is 6.44. The van der Waals surface area contributed by atoms with Crippen LogP contribution in [0.1, 0.15) is 26.5 Å². The van der Waals surface area contributed by atoms with Gasteiger partial charge < -0.3 is 9.47 Å². The van der Waals surface area contributed by atoms with Crippen LogP contribution in [0.3, 0.4) is 0 Å². The summed E-state index contributed by atoms with van der Waals surface area (Å²) in [6.07, 6.45) is 0. The predicted molar refractivity (Wildman–Crippen MR) is 84.4 cm³/mol. The molecule has 0 spiro atoms. The van der Waals surface area contributed by atoms with Gasteiger partial charge in [0.2, 0.25) is 0 Å². The molecule has 2 aromatic rings. The normalized spacial score (nSPS) is 11.5. The summed E-state index contributed by atoms with van der Waals surface area (Å²) in [6, 6.07) is 3.75. The van der Waals surface area contributed by atoms with Crippen LogP contribution in [-0.4, -0.2) is 19.2 Å². The average Bonchev–Trinajstić information content (AvgIpc) is 2.87. The van der Waals surface area contributed by atoms with Gasteiger partial charge in [0.05, 0.1) is 24.9 Å². The second-order valence-corrected chi connectivity index (χ2v) is 6.75. The van der Waals surface area contributed by atoms with Crippen molar-refractivity contribution < 1.29 is 9.47 Å². The Morgan fingerprint density at radius 2 is 1.85 bits per heavy atom. The third-order valence-corrected chi connectivity index (χ3v) is 4.13. The highest BCUT2D eigenvalue weighted by molar-refractivity contribution is 7.13. The smallest absolute Gasteiger partial charge is 0.179 e.